The topological polar surface area (TPSA) is 39.2 Å². The van der Waals surface area contributed by atoms with Crippen molar-refractivity contribution in [3.8, 4) is 5.75 Å². The maximum absolute atomic E-state index is 12.3. The van der Waals surface area contributed by atoms with Gasteiger partial charge in [-0.15, -0.1) is 0 Å². The standard InChI is InChI=1S/C18H19NO2/c1-3-14-13-19-12-11-16(14)17(20)10-9-15-7-5-6-8-18(15)21-4-2/h5-13H,3-4H2,1-2H3/b10-9+. The fourth-order valence-electron chi connectivity index (χ4n) is 2.11. The van der Waals surface area contributed by atoms with Gasteiger partial charge in [0.15, 0.2) is 5.78 Å². The molecule has 0 saturated carbocycles. The lowest BCUT2D eigenvalue weighted by atomic mass is 10.0. The second-order valence-corrected chi connectivity index (χ2v) is 4.55. The van der Waals surface area contributed by atoms with E-state index in [1.54, 1.807) is 30.6 Å². The van der Waals surface area contributed by atoms with E-state index in [0.29, 0.717) is 12.2 Å². The lowest BCUT2D eigenvalue weighted by molar-refractivity contribution is 0.104. The van der Waals surface area contributed by atoms with Crippen molar-refractivity contribution in [2.45, 2.75) is 20.3 Å². The maximum Gasteiger partial charge on any atom is 0.186 e. The lowest BCUT2D eigenvalue weighted by Crippen LogP contribution is -2.00. The Kier molecular flexibility index (Phi) is 5.27. The minimum absolute atomic E-state index is 0.0134. The average Bonchev–Trinajstić information content (AvgIpc) is 2.54. The number of carbonyl (C=O) groups excluding carboxylic acids is 1. The molecule has 0 aliphatic carbocycles. The number of pyridine rings is 1. The summed E-state index contributed by atoms with van der Waals surface area (Å²) < 4.78 is 5.55. The largest absolute Gasteiger partial charge is 0.493 e. The predicted molar refractivity (Wildman–Crippen MR) is 84.6 cm³/mol. The van der Waals surface area contributed by atoms with Gasteiger partial charge in [0.2, 0.25) is 0 Å². The van der Waals surface area contributed by atoms with Gasteiger partial charge in [-0.1, -0.05) is 25.1 Å². The third-order valence-electron chi connectivity index (χ3n) is 3.18. The number of ether oxygens (including phenoxy) is 1. The average molecular weight is 281 g/mol. The van der Waals surface area contributed by atoms with Crippen LogP contribution in [0.25, 0.3) is 6.08 Å². The first-order valence-corrected chi connectivity index (χ1v) is 7.13. The second-order valence-electron chi connectivity index (χ2n) is 4.55. The van der Waals surface area contributed by atoms with E-state index in [2.05, 4.69) is 4.98 Å². The molecule has 0 radical (unpaired) electrons. The highest BCUT2D eigenvalue weighted by Gasteiger charge is 2.07. The van der Waals surface area contributed by atoms with Crippen molar-refractivity contribution in [2.24, 2.45) is 0 Å². The molecule has 0 amide bonds. The number of allylic oxidation sites excluding steroid dienone is 1. The van der Waals surface area contributed by atoms with Gasteiger partial charge < -0.3 is 4.74 Å². The van der Waals surface area contributed by atoms with Gasteiger partial charge in [-0.25, -0.2) is 0 Å². The molecule has 2 rings (SSSR count). The van der Waals surface area contributed by atoms with Gasteiger partial charge in [-0.3, -0.25) is 9.78 Å². The Morgan fingerprint density at radius 2 is 2.05 bits per heavy atom. The van der Waals surface area contributed by atoms with Gasteiger partial charge >= 0.3 is 0 Å². The quantitative estimate of drug-likeness (QED) is 0.594. The molecule has 1 aromatic carbocycles. The number of ketones is 1. The number of hydrogen-bond donors (Lipinski definition) is 0. The molecule has 1 heterocycles. The molecular formula is C18H19NO2. The van der Waals surface area contributed by atoms with Crippen LogP contribution >= 0.6 is 0 Å². The molecule has 0 spiro atoms. The fourth-order valence-corrected chi connectivity index (χ4v) is 2.11. The van der Waals surface area contributed by atoms with Crippen LogP contribution in [0, 0.1) is 0 Å². The van der Waals surface area contributed by atoms with Crippen LogP contribution in [-0.2, 0) is 6.42 Å². The van der Waals surface area contributed by atoms with E-state index < -0.39 is 0 Å². The highest BCUT2D eigenvalue weighted by atomic mass is 16.5. The summed E-state index contributed by atoms with van der Waals surface area (Å²) in [5, 5.41) is 0. The number of rotatable bonds is 6. The molecule has 21 heavy (non-hydrogen) atoms. The fraction of sp³-hybridized carbons (Fsp3) is 0.222. The third kappa shape index (κ3) is 3.78. The summed E-state index contributed by atoms with van der Waals surface area (Å²) >= 11 is 0. The highest BCUT2D eigenvalue weighted by Crippen LogP contribution is 2.20. The first-order chi connectivity index (χ1) is 10.3. The van der Waals surface area contributed by atoms with Crippen molar-refractivity contribution in [3.05, 3.63) is 65.5 Å². The highest BCUT2D eigenvalue weighted by molar-refractivity contribution is 6.07. The van der Waals surface area contributed by atoms with Crippen LogP contribution in [0.1, 0.15) is 35.3 Å². The van der Waals surface area contributed by atoms with Gasteiger partial charge in [-0.05, 0) is 43.2 Å². The minimum Gasteiger partial charge on any atom is -0.493 e. The molecule has 0 atom stereocenters. The molecule has 3 heteroatoms. The summed E-state index contributed by atoms with van der Waals surface area (Å²) in [5.41, 5.74) is 2.57. The molecule has 0 aliphatic heterocycles. The van der Waals surface area contributed by atoms with Gasteiger partial charge in [0.05, 0.1) is 6.61 Å². The lowest BCUT2D eigenvalue weighted by Gasteiger charge is -2.06. The van der Waals surface area contributed by atoms with Crippen LogP contribution < -0.4 is 4.74 Å². The Balaban J connectivity index is 2.23. The van der Waals surface area contributed by atoms with E-state index in [1.807, 2.05) is 38.1 Å². The van der Waals surface area contributed by atoms with Crippen molar-refractivity contribution >= 4 is 11.9 Å². The smallest absolute Gasteiger partial charge is 0.186 e. The molecule has 1 aromatic heterocycles. The van der Waals surface area contributed by atoms with Crippen LogP contribution in [-0.4, -0.2) is 17.4 Å². The Bertz CT molecular complexity index is 647. The van der Waals surface area contributed by atoms with Crippen LogP contribution in [0.5, 0.6) is 5.75 Å². The summed E-state index contributed by atoms with van der Waals surface area (Å²) in [4.78, 5) is 16.4. The van der Waals surface area contributed by atoms with Crippen molar-refractivity contribution in [2.75, 3.05) is 6.61 Å². The van der Waals surface area contributed by atoms with Gasteiger partial charge in [0.25, 0.3) is 0 Å². The monoisotopic (exact) mass is 281 g/mol. The van der Waals surface area contributed by atoms with E-state index in [9.17, 15) is 4.79 Å². The van der Waals surface area contributed by atoms with Crippen LogP contribution in [0.15, 0.2) is 48.8 Å². The van der Waals surface area contributed by atoms with Gasteiger partial charge in [0, 0.05) is 23.5 Å². The SMILES string of the molecule is CCOc1ccccc1/C=C/C(=O)c1ccncc1CC. The van der Waals surface area contributed by atoms with E-state index in [1.165, 1.54) is 0 Å². The second kappa shape index (κ2) is 7.39. The molecule has 0 saturated heterocycles. The summed E-state index contributed by atoms with van der Waals surface area (Å²) in [5.74, 6) is 0.773. The van der Waals surface area contributed by atoms with E-state index in [0.717, 1.165) is 23.3 Å². The first kappa shape index (κ1) is 15.0. The number of nitrogens with zero attached hydrogens (tertiary/aromatic N) is 1. The van der Waals surface area contributed by atoms with Crippen LogP contribution in [0.3, 0.4) is 0 Å². The summed E-state index contributed by atoms with van der Waals surface area (Å²) in [6, 6.07) is 9.44. The molecular weight excluding hydrogens is 262 g/mol. The number of hydrogen-bond acceptors (Lipinski definition) is 3. The molecule has 0 unspecified atom stereocenters. The molecule has 0 aliphatic rings. The van der Waals surface area contributed by atoms with Gasteiger partial charge in [0.1, 0.15) is 5.75 Å². The Morgan fingerprint density at radius 1 is 1.24 bits per heavy atom. The predicted octanol–water partition coefficient (Wildman–Crippen LogP) is 3.94. The third-order valence-corrected chi connectivity index (χ3v) is 3.18. The first-order valence-electron chi connectivity index (χ1n) is 7.13. The number of aryl methyl sites for hydroxylation is 1. The van der Waals surface area contributed by atoms with Crippen molar-refractivity contribution in [1.82, 2.24) is 4.98 Å². The molecule has 0 bridgehead atoms. The number of carbonyl (C=O) groups is 1. The number of aromatic nitrogens is 1. The Labute approximate surface area is 125 Å². The molecule has 2 aromatic rings. The summed E-state index contributed by atoms with van der Waals surface area (Å²) in [6.07, 6.45) is 7.57. The van der Waals surface area contributed by atoms with Crippen LogP contribution in [0.4, 0.5) is 0 Å². The zero-order chi connectivity index (χ0) is 15.1. The zero-order valence-corrected chi connectivity index (χ0v) is 12.4. The zero-order valence-electron chi connectivity index (χ0n) is 12.4. The Morgan fingerprint density at radius 3 is 2.81 bits per heavy atom. The number of benzene rings is 1. The molecule has 0 N–H and O–H groups in total. The van der Waals surface area contributed by atoms with E-state index >= 15 is 0 Å². The molecule has 3 nitrogen and oxygen atoms in total. The molecule has 0 fully saturated rings. The van der Waals surface area contributed by atoms with Crippen molar-refractivity contribution in [3.63, 3.8) is 0 Å². The number of para-hydroxylation sites is 1. The van der Waals surface area contributed by atoms with Crippen molar-refractivity contribution < 1.29 is 9.53 Å². The minimum atomic E-state index is -0.0134. The maximum atomic E-state index is 12.3. The van der Waals surface area contributed by atoms with Crippen molar-refractivity contribution in [1.29, 1.82) is 0 Å². The summed E-state index contributed by atoms with van der Waals surface area (Å²) in [6.45, 7) is 4.56. The van der Waals surface area contributed by atoms with Gasteiger partial charge in [-0.2, -0.15) is 0 Å². The Hall–Kier alpha value is -2.42. The van der Waals surface area contributed by atoms with E-state index in [-0.39, 0.29) is 5.78 Å². The molecule has 108 valence electrons. The normalized spacial score (nSPS) is 10.8. The van der Waals surface area contributed by atoms with Crippen LogP contribution in [0.2, 0.25) is 0 Å². The van der Waals surface area contributed by atoms with E-state index in [4.69, 9.17) is 4.74 Å². The summed E-state index contributed by atoms with van der Waals surface area (Å²) in [7, 11) is 0.